The molecule has 0 spiro atoms. The van der Waals surface area contributed by atoms with Crippen molar-refractivity contribution in [3.63, 3.8) is 0 Å². The second-order valence-corrected chi connectivity index (χ2v) is 6.18. The van der Waals surface area contributed by atoms with Gasteiger partial charge >= 0.3 is 11.8 Å². The molecular weight excluding hydrogens is 425 g/mol. The van der Waals surface area contributed by atoms with Gasteiger partial charge in [-0.25, -0.2) is 4.79 Å². The summed E-state index contributed by atoms with van der Waals surface area (Å²) in [5.74, 6) is -1.03. The SMILES string of the molecule is Cl.O=C(Nc1ccc2c(C(F)(F)F)cc(=O)oc2c1)c1ccc2cccnc2c1O. The maximum Gasteiger partial charge on any atom is 0.417 e. The number of phenolic OH excluding ortho intramolecular Hbond substituents is 1. The van der Waals surface area contributed by atoms with Crippen molar-refractivity contribution >= 4 is 45.9 Å². The molecule has 0 radical (unpaired) electrons. The van der Waals surface area contributed by atoms with Crippen molar-refractivity contribution in [2.45, 2.75) is 6.18 Å². The molecule has 0 saturated carbocycles. The lowest BCUT2D eigenvalue weighted by Crippen LogP contribution is -2.13. The van der Waals surface area contributed by atoms with E-state index in [1.54, 1.807) is 18.2 Å². The number of rotatable bonds is 2. The number of pyridine rings is 1. The van der Waals surface area contributed by atoms with Crippen molar-refractivity contribution in [2.24, 2.45) is 0 Å². The quantitative estimate of drug-likeness (QED) is 0.443. The van der Waals surface area contributed by atoms with Gasteiger partial charge in [-0.3, -0.25) is 9.78 Å². The van der Waals surface area contributed by atoms with Gasteiger partial charge in [-0.05, 0) is 24.3 Å². The van der Waals surface area contributed by atoms with Gasteiger partial charge in [0.25, 0.3) is 5.91 Å². The number of carbonyl (C=O) groups is 1. The lowest BCUT2D eigenvalue weighted by molar-refractivity contribution is -0.136. The van der Waals surface area contributed by atoms with Crippen LogP contribution >= 0.6 is 12.4 Å². The zero-order valence-electron chi connectivity index (χ0n) is 14.9. The van der Waals surface area contributed by atoms with E-state index in [4.69, 9.17) is 4.42 Å². The molecule has 0 atom stereocenters. The lowest BCUT2D eigenvalue weighted by Gasteiger charge is -2.11. The lowest BCUT2D eigenvalue weighted by atomic mass is 10.1. The van der Waals surface area contributed by atoms with Crippen LogP contribution in [0, 0.1) is 0 Å². The third-order valence-corrected chi connectivity index (χ3v) is 4.30. The molecule has 4 rings (SSSR count). The first-order chi connectivity index (χ1) is 13.7. The van der Waals surface area contributed by atoms with Crippen LogP contribution in [-0.2, 0) is 6.18 Å². The van der Waals surface area contributed by atoms with Gasteiger partial charge in [0.05, 0.1) is 11.1 Å². The summed E-state index contributed by atoms with van der Waals surface area (Å²) < 4.78 is 44.2. The van der Waals surface area contributed by atoms with Crippen LogP contribution in [0.3, 0.4) is 0 Å². The van der Waals surface area contributed by atoms with E-state index >= 15 is 0 Å². The fourth-order valence-electron chi connectivity index (χ4n) is 2.99. The molecular formula is C20H12ClF3N2O4. The molecule has 0 aliphatic heterocycles. The second kappa shape index (κ2) is 7.68. The molecule has 0 aliphatic rings. The maximum atomic E-state index is 13.1. The number of alkyl halides is 3. The Bertz CT molecular complexity index is 1340. The Labute approximate surface area is 172 Å². The van der Waals surface area contributed by atoms with Crippen molar-refractivity contribution in [3.8, 4) is 5.75 Å². The third kappa shape index (κ3) is 3.79. The average Bonchev–Trinajstić information content (AvgIpc) is 2.66. The number of amides is 1. The summed E-state index contributed by atoms with van der Waals surface area (Å²) in [7, 11) is 0. The molecule has 0 aliphatic carbocycles. The highest BCUT2D eigenvalue weighted by Crippen LogP contribution is 2.35. The molecule has 1 amide bonds. The summed E-state index contributed by atoms with van der Waals surface area (Å²) in [5.41, 5.74) is -2.36. The molecule has 0 saturated heterocycles. The molecule has 30 heavy (non-hydrogen) atoms. The molecule has 4 aromatic rings. The Morgan fingerprint density at radius 1 is 1.10 bits per heavy atom. The van der Waals surface area contributed by atoms with E-state index in [2.05, 4.69) is 10.3 Å². The summed E-state index contributed by atoms with van der Waals surface area (Å²) >= 11 is 0. The van der Waals surface area contributed by atoms with Crippen LogP contribution in [0.25, 0.3) is 21.9 Å². The number of hydrogen-bond acceptors (Lipinski definition) is 5. The van der Waals surface area contributed by atoms with Gasteiger partial charge in [0.2, 0.25) is 0 Å². The van der Waals surface area contributed by atoms with Gasteiger partial charge in [-0.2, -0.15) is 13.2 Å². The van der Waals surface area contributed by atoms with Crippen molar-refractivity contribution < 1.29 is 27.5 Å². The molecule has 2 aromatic carbocycles. The summed E-state index contributed by atoms with van der Waals surface area (Å²) in [6.07, 6.45) is -3.27. The largest absolute Gasteiger partial charge is 0.505 e. The molecule has 10 heteroatoms. The highest BCUT2D eigenvalue weighted by Gasteiger charge is 2.33. The molecule has 0 unspecified atom stereocenters. The second-order valence-electron chi connectivity index (χ2n) is 6.18. The van der Waals surface area contributed by atoms with Crippen LogP contribution in [0.4, 0.5) is 18.9 Å². The number of aromatic hydroxyl groups is 1. The van der Waals surface area contributed by atoms with Gasteiger partial charge in [-0.1, -0.05) is 12.1 Å². The summed E-state index contributed by atoms with van der Waals surface area (Å²) in [6.45, 7) is 0. The minimum atomic E-state index is -4.73. The van der Waals surface area contributed by atoms with Gasteiger partial charge in [-0.15, -0.1) is 12.4 Å². The zero-order chi connectivity index (χ0) is 20.8. The highest BCUT2D eigenvalue weighted by molar-refractivity contribution is 6.09. The monoisotopic (exact) mass is 436 g/mol. The number of fused-ring (bicyclic) bond motifs is 2. The third-order valence-electron chi connectivity index (χ3n) is 4.30. The smallest absolute Gasteiger partial charge is 0.417 e. The number of aromatic nitrogens is 1. The number of nitrogens with zero attached hydrogens (tertiary/aromatic N) is 1. The van der Waals surface area contributed by atoms with Crippen molar-refractivity contribution in [3.05, 3.63) is 76.3 Å². The normalized spacial score (nSPS) is 11.3. The Hall–Kier alpha value is -3.59. The first kappa shape index (κ1) is 21.1. The summed E-state index contributed by atoms with van der Waals surface area (Å²) in [4.78, 5) is 28.0. The fourth-order valence-corrected chi connectivity index (χ4v) is 2.99. The van der Waals surface area contributed by atoms with Crippen LogP contribution in [0.15, 0.2) is 63.9 Å². The Balaban J connectivity index is 0.00000256. The topological polar surface area (TPSA) is 92.4 Å². The van der Waals surface area contributed by atoms with E-state index in [1.807, 2.05) is 0 Å². The Morgan fingerprint density at radius 2 is 1.87 bits per heavy atom. The molecule has 6 nitrogen and oxygen atoms in total. The average molecular weight is 437 g/mol. The molecule has 2 heterocycles. The standard InChI is InChI=1S/C20H11F3N2O4.ClH/c21-20(22,23)14-9-16(26)29-15-8-11(4-6-12(14)15)25-19(28)13-5-3-10-2-1-7-24-17(10)18(13)27;/h1-9,27H,(H,25,28);1H. The summed E-state index contributed by atoms with van der Waals surface area (Å²) in [5, 5.41) is 13.1. The predicted octanol–water partition coefficient (Wildman–Crippen LogP) is 4.74. The highest BCUT2D eigenvalue weighted by atomic mass is 35.5. The Kier molecular flexibility index (Phi) is 5.41. The number of hydrogen-bond donors (Lipinski definition) is 2. The molecule has 154 valence electrons. The van der Waals surface area contributed by atoms with Gasteiger partial charge < -0.3 is 14.8 Å². The van der Waals surface area contributed by atoms with Crippen LogP contribution in [-0.4, -0.2) is 16.0 Å². The fraction of sp³-hybridized carbons (Fsp3) is 0.0500. The molecule has 2 aromatic heterocycles. The summed E-state index contributed by atoms with van der Waals surface area (Å²) in [6, 6.07) is 10.2. The van der Waals surface area contributed by atoms with Crippen molar-refractivity contribution in [1.29, 1.82) is 0 Å². The minimum Gasteiger partial charge on any atom is -0.505 e. The van der Waals surface area contributed by atoms with Crippen LogP contribution in [0.2, 0.25) is 0 Å². The van der Waals surface area contributed by atoms with E-state index in [9.17, 15) is 27.9 Å². The first-order valence-corrected chi connectivity index (χ1v) is 8.27. The van der Waals surface area contributed by atoms with Crippen LogP contribution < -0.4 is 10.9 Å². The molecule has 2 N–H and O–H groups in total. The van der Waals surface area contributed by atoms with E-state index in [-0.39, 0.29) is 45.9 Å². The van der Waals surface area contributed by atoms with Crippen LogP contribution in [0.5, 0.6) is 5.75 Å². The molecule has 0 fully saturated rings. The maximum absolute atomic E-state index is 13.1. The van der Waals surface area contributed by atoms with Crippen molar-refractivity contribution in [2.75, 3.05) is 5.32 Å². The number of phenols is 1. The number of benzene rings is 2. The van der Waals surface area contributed by atoms with E-state index < -0.39 is 23.3 Å². The van der Waals surface area contributed by atoms with E-state index in [0.29, 0.717) is 11.5 Å². The van der Waals surface area contributed by atoms with Gasteiger partial charge in [0, 0.05) is 34.8 Å². The molecule has 0 bridgehead atoms. The Morgan fingerprint density at radius 3 is 2.60 bits per heavy atom. The minimum absolute atomic E-state index is 0. The van der Waals surface area contributed by atoms with E-state index in [0.717, 1.165) is 12.1 Å². The first-order valence-electron chi connectivity index (χ1n) is 8.27. The number of anilines is 1. The number of halogens is 4. The van der Waals surface area contributed by atoms with Gasteiger partial charge in [0.1, 0.15) is 11.1 Å². The van der Waals surface area contributed by atoms with Gasteiger partial charge in [0.15, 0.2) is 5.75 Å². The predicted molar refractivity (Wildman–Crippen MR) is 106 cm³/mol. The van der Waals surface area contributed by atoms with E-state index in [1.165, 1.54) is 18.3 Å². The van der Waals surface area contributed by atoms with Crippen LogP contribution in [0.1, 0.15) is 15.9 Å². The van der Waals surface area contributed by atoms with Crippen molar-refractivity contribution in [1.82, 2.24) is 4.98 Å². The number of carbonyl (C=O) groups excluding carboxylic acids is 1. The number of nitrogens with one attached hydrogen (secondary N) is 1. The zero-order valence-corrected chi connectivity index (χ0v) is 15.7.